The minimum Gasteiger partial charge on any atom is -0.496 e. The van der Waals surface area contributed by atoms with Crippen LogP contribution in [0.1, 0.15) is 23.7 Å². The molecule has 4 rings (SSSR count). The molecule has 0 bridgehead atoms. The van der Waals surface area contributed by atoms with Crippen LogP contribution in [-0.2, 0) is 9.59 Å². The number of allylic oxidation sites excluding steroid dienone is 1. The summed E-state index contributed by atoms with van der Waals surface area (Å²) in [4.78, 5) is 37.5. The zero-order valence-electron chi connectivity index (χ0n) is 18.6. The topological polar surface area (TPSA) is 120 Å². The van der Waals surface area contributed by atoms with Crippen LogP contribution in [0.25, 0.3) is 0 Å². The molecule has 2 aliphatic rings. The quantitative estimate of drug-likeness (QED) is 0.562. The van der Waals surface area contributed by atoms with E-state index < -0.39 is 35.7 Å². The predicted octanol–water partition coefficient (Wildman–Crippen LogP) is 3.74. The van der Waals surface area contributed by atoms with E-state index in [1.807, 2.05) is 0 Å². The van der Waals surface area contributed by atoms with E-state index in [0.717, 1.165) is 0 Å². The van der Waals surface area contributed by atoms with Crippen molar-refractivity contribution < 1.29 is 38.4 Å². The first-order valence-electron chi connectivity index (χ1n) is 10.4. The Bertz CT molecular complexity index is 1210. The second-order valence-electron chi connectivity index (χ2n) is 7.94. The molecule has 2 N–H and O–H groups in total. The van der Waals surface area contributed by atoms with Gasteiger partial charge in [-0.05, 0) is 30.7 Å². The molecule has 1 aliphatic carbocycles. The molecule has 0 saturated carbocycles. The van der Waals surface area contributed by atoms with Crippen LogP contribution in [0, 0.1) is 5.92 Å². The van der Waals surface area contributed by atoms with Gasteiger partial charge in [0, 0.05) is 29.4 Å². The van der Waals surface area contributed by atoms with Crippen LogP contribution in [0.15, 0.2) is 42.1 Å². The van der Waals surface area contributed by atoms with Gasteiger partial charge < -0.3 is 29.4 Å². The van der Waals surface area contributed by atoms with Crippen molar-refractivity contribution in [2.45, 2.75) is 18.9 Å². The maximum absolute atomic E-state index is 13.5. The lowest BCUT2D eigenvalue weighted by Gasteiger charge is -2.35. The number of carbonyl (C=O) groups is 3. The number of ether oxygens (including phenoxy) is 4. The average Bonchev–Trinajstić information content (AvgIpc) is 3.12. The highest BCUT2D eigenvalue weighted by molar-refractivity contribution is 6.36. The van der Waals surface area contributed by atoms with E-state index >= 15 is 0 Å². The third-order valence-electron chi connectivity index (χ3n) is 5.83. The molecule has 0 saturated heterocycles. The molecule has 10 heteroatoms. The molecule has 178 valence electrons. The molecule has 0 amide bonds. The third kappa shape index (κ3) is 3.81. The summed E-state index contributed by atoms with van der Waals surface area (Å²) in [5, 5.41) is 12.0. The summed E-state index contributed by atoms with van der Waals surface area (Å²) >= 11 is 6.40. The van der Waals surface area contributed by atoms with E-state index in [9.17, 15) is 14.4 Å². The number of ketones is 2. The minimum absolute atomic E-state index is 0.0739. The molecule has 2 aromatic rings. The summed E-state index contributed by atoms with van der Waals surface area (Å²) in [5.74, 6) is -1.63. The Kier molecular flexibility index (Phi) is 6.14. The largest absolute Gasteiger partial charge is 0.496 e. The maximum Gasteiger partial charge on any atom is 0.341 e. The zero-order chi connectivity index (χ0) is 24.6. The number of halogens is 1. The Balaban J connectivity index is 1.59. The normalized spacial score (nSPS) is 20.9. The van der Waals surface area contributed by atoms with Crippen molar-refractivity contribution in [2.75, 3.05) is 26.1 Å². The monoisotopic (exact) mass is 487 g/mol. The number of carbonyl (C=O) groups excluding carboxylic acids is 2. The van der Waals surface area contributed by atoms with Gasteiger partial charge in [0.05, 0.1) is 14.2 Å². The molecule has 34 heavy (non-hydrogen) atoms. The van der Waals surface area contributed by atoms with Gasteiger partial charge >= 0.3 is 5.97 Å². The fourth-order valence-electron chi connectivity index (χ4n) is 4.18. The third-order valence-corrected chi connectivity index (χ3v) is 6.19. The van der Waals surface area contributed by atoms with E-state index in [1.54, 1.807) is 31.2 Å². The first-order valence-corrected chi connectivity index (χ1v) is 10.7. The molecule has 9 nitrogen and oxygen atoms in total. The van der Waals surface area contributed by atoms with Crippen LogP contribution in [-0.4, -0.2) is 49.1 Å². The predicted molar refractivity (Wildman–Crippen MR) is 122 cm³/mol. The Labute approximate surface area is 200 Å². The van der Waals surface area contributed by atoms with Gasteiger partial charge in [0.2, 0.25) is 17.2 Å². The van der Waals surface area contributed by atoms with E-state index in [1.165, 1.54) is 26.4 Å². The van der Waals surface area contributed by atoms with Gasteiger partial charge in [-0.15, -0.1) is 0 Å². The van der Waals surface area contributed by atoms with Crippen LogP contribution < -0.4 is 24.3 Å². The molecule has 0 fully saturated rings. The van der Waals surface area contributed by atoms with E-state index in [4.69, 9.17) is 35.7 Å². The Morgan fingerprint density at radius 3 is 2.47 bits per heavy atom. The highest BCUT2D eigenvalue weighted by atomic mass is 35.5. The summed E-state index contributed by atoms with van der Waals surface area (Å²) in [7, 11) is 2.84. The van der Waals surface area contributed by atoms with Crippen LogP contribution in [0.5, 0.6) is 23.0 Å². The lowest BCUT2D eigenvalue weighted by Crippen LogP contribution is -2.55. The SMILES string of the molecule is COc1cc(OC)c2c(c1Cl)O[C@@]1(C(=O)C=C(Nc3ccc(OCC(=O)O)cc3)C[C@H]1C)C2=O. The summed E-state index contributed by atoms with van der Waals surface area (Å²) in [5.41, 5.74) is -0.354. The van der Waals surface area contributed by atoms with Crippen molar-refractivity contribution in [1.82, 2.24) is 0 Å². The molecule has 2 atom stereocenters. The van der Waals surface area contributed by atoms with Gasteiger partial charge in [-0.1, -0.05) is 18.5 Å². The van der Waals surface area contributed by atoms with Gasteiger partial charge in [-0.3, -0.25) is 9.59 Å². The summed E-state index contributed by atoms with van der Waals surface area (Å²) in [6.07, 6.45) is 1.70. The summed E-state index contributed by atoms with van der Waals surface area (Å²) < 4.78 is 21.7. The Hall–Kier alpha value is -3.72. The molecular formula is C24H22ClNO8. The number of aliphatic carboxylic acids is 1. The number of Topliss-reactive ketones (excluding diaryl/α,β-unsaturated/α-hetero) is 1. The highest BCUT2D eigenvalue weighted by Gasteiger charge is 2.60. The van der Waals surface area contributed by atoms with Crippen molar-refractivity contribution in [1.29, 1.82) is 0 Å². The number of hydrogen-bond acceptors (Lipinski definition) is 8. The number of anilines is 1. The fraction of sp³-hybridized carbons (Fsp3) is 0.292. The van der Waals surface area contributed by atoms with Crippen LogP contribution in [0.2, 0.25) is 5.02 Å². The molecule has 0 aromatic heterocycles. The molecule has 0 unspecified atom stereocenters. The highest BCUT2D eigenvalue weighted by Crippen LogP contribution is 2.53. The number of fused-ring (bicyclic) bond motifs is 1. The Morgan fingerprint density at radius 2 is 1.88 bits per heavy atom. The lowest BCUT2D eigenvalue weighted by molar-refractivity contribution is -0.139. The fourth-order valence-corrected chi connectivity index (χ4v) is 4.45. The first-order chi connectivity index (χ1) is 16.2. The van der Waals surface area contributed by atoms with Crippen molar-refractivity contribution in [3.8, 4) is 23.0 Å². The summed E-state index contributed by atoms with van der Waals surface area (Å²) in [6.45, 7) is 1.32. The lowest BCUT2D eigenvalue weighted by atomic mass is 9.74. The van der Waals surface area contributed by atoms with Crippen molar-refractivity contribution >= 4 is 34.8 Å². The van der Waals surface area contributed by atoms with Crippen LogP contribution in [0.3, 0.4) is 0 Å². The summed E-state index contributed by atoms with van der Waals surface area (Å²) in [6, 6.07) is 8.11. The van der Waals surface area contributed by atoms with Crippen molar-refractivity contribution in [3.05, 3.63) is 52.7 Å². The number of nitrogens with one attached hydrogen (secondary N) is 1. The van der Waals surface area contributed by atoms with Gasteiger partial charge in [-0.2, -0.15) is 0 Å². The number of methoxy groups -OCH3 is 2. The van der Waals surface area contributed by atoms with E-state index in [2.05, 4.69) is 5.32 Å². The number of hydrogen-bond donors (Lipinski definition) is 2. The smallest absolute Gasteiger partial charge is 0.341 e. The van der Waals surface area contributed by atoms with Gasteiger partial charge in [-0.25, -0.2) is 4.79 Å². The Morgan fingerprint density at radius 1 is 1.21 bits per heavy atom. The first kappa shape index (κ1) is 23.4. The van der Waals surface area contributed by atoms with Crippen molar-refractivity contribution in [2.24, 2.45) is 5.92 Å². The molecule has 1 spiro atoms. The van der Waals surface area contributed by atoms with Gasteiger partial charge in [0.1, 0.15) is 27.8 Å². The standard InChI is InChI=1S/C24H22ClNO8/c1-12-8-14(26-13-4-6-15(7-5-13)33-11-19(28)29)9-18(27)24(12)23(30)20-16(31-2)10-17(32-3)21(25)22(20)34-24/h4-7,9-10,12,26H,8,11H2,1-3H3,(H,28,29)/t12-,24+/m1/s1. The maximum atomic E-state index is 13.5. The zero-order valence-corrected chi connectivity index (χ0v) is 19.4. The minimum atomic E-state index is -1.74. The second kappa shape index (κ2) is 8.90. The number of carboxylic acid groups (broad SMARTS) is 1. The molecule has 2 aromatic carbocycles. The van der Waals surface area contributed by atoms with E-state index in [0.29, 0.717) is 23.6 Å². The van der Waals surface area contributed by atoms with Crippen LogP contribution >= 0.6 is 11.6 Å². The van der Waals surface area contributed by atoms with Crippen LogP contribution in [0.4, 0.5) is 5.69 Å². The van der Waals surface area contributed by atoms with E-state index in [-0.39, 0.29) is 27.8 Å². The van der Waals surface area contributed by atoms with Crippen molar-refractivity contribution in [3.63, 3.8) is 0 Å². The molecule has 1 heterocycles. The van der Waals surface area contributed by atoms with Gasteiger partial charge in [0.25, 0.3) is 0 Å². The van der Waals surface area contributed by atoms with Gasteiger partial charge in [0.15, 0.2) is 12.4 Å². The number of rotatable bonds is 7. The number of carboxylic acids is 1. The number of benzene rings is 2. The molecule has 1 aliphatic heterocycles. The molecule has 0 radical (unpaired) electrons. The molecular weight excluding hydrogens is 466 g/mol. The second-order valence-corrected chi connectivity index (χ2v) is 8.31. The average molecular weight is 488 g/mol.